The maximum absolute atomic E-state index is 11.7. The van der Waals surface area contributed by atoms with Gasteiger partial charge in [0.1, 0.15) is 0 Å². The molecule has 0 saturated heterocycles. The third-order valence-corrected chi connectivity index (χ3v) is 3.14. The summed E-state index contributed by atoms with van der Waals surface area (Å²) in [5, 5.41) is 3.18. The van der Waals surface area contributed by atoms with Gasteiger partial charge in [-0.1, -0.05) is 11.6 Å². The number of amides is 2. The number of hydrogen-bond acceptors (Lipinski definition) is 2. The molecular formula is C11H11ClN2OS. The fourth-order valence-electron chi connectivity index (χ4n) is 1.43. The van der Waals surface area contributed by atoms with Crippen molar-refractivity contribution in [3.05, 3.63) is 41.1 Å². The highest BCUT2D eigenvalue weighted by Gasteiger charge is 2.22. The molecule has 1 unspecified atom stereocenters. The maximum atomic E-state index is 11.7. The number of thiol groups is 1. The molecule has 1 aliphatic rings. The molecule has 1 aromatic carbocycles. The van der Waals surface area contributed by atoms with E-state index in [0.29, 0.717) is 5.02 Å². The maximum Gasteiger partial charge on any atom is 0.327 e. The third kappa shape index (κ3) is 2.18. The standard InChI is InChI=1S/C11H11ClN2OS/c1-7-6-14(11(15)13-10(7)16)9-4-2-8(12)3-5-9/h2-6,10,16H,1H3,(H,13,15). The van der Waals surface area contributed by atoms with Gasteiger partial charge in [0, 0.05) is 11.2 Å². The first-order valence-electron chi connectivity index (χ1n) is 4.79. The van der Waals surface area contributed by atoms with Crippen LogP contribution in [0.1, 0.15) is 6.92 Å². The Bertz CT molecular complexity index is 444. The van der Waals surface area contributed by atoms with Crippen LogP contribution in [-0.4, -0.2) is 11.4 Å². The Labute approximate surface area is 104 Å². The minimum atomic E-state index is -0.212. The summed E-state index contributed by atoms with van der Waals surface area (Å²) in [6.45, 7) is 1.92. The van der Waals surface area contributed by atoms with Gasteiger partial charge in [-0.25, -0.2) is 4.79 Å². The lowest BCUT2D eigenvalue weighted by atomic mass is 10.2. The first-order valence-corrected chi connectivity index (χ1v) is 5.69. The zero-order valence-electron chi connectivity index (χ0n) is 8.64. The Kier molecular flexibility index (Phi) is 3.12. The van der Waals surface area contributed by atoms with Gasteiger partial charge in [0.15, 0.2) is 0 Å². The number of carbonyl (C=O) groups is 1. The normalized spacial score (nSPS) is 20.4. The van der Waals surface area contributed by atoms with E-state index in [0.717, 1.165) is 11.3 Å². The molecule has 0 aromatic heterocycles. The number of halogens is 1. The SMILES string of the molecule is CC1=CN(c2ccc(Cl)cc2)C(=O)NC1S. The zero-order chi connectivity index (χ0) is 11.7. The molecule has 1 N–H and O–H groups in total. The van der Waals surface area contributed by atoms with E-state index in [1.165, 1.54) is 0 Å². The van der Waals surface area contributed by atoms with E-state index in [4.69, 9.17) is 11.6 Å². The lowest BCUT2D eigenvalue weighted by molar-refractivity contribution is 0.247. The number of anilines is 1. The second-order valence-electron chi connectivity index (χ2n) is 3.57. The van der Waals surface area contributed by atoms with Gasteiger partial charge in [-0.15, -0.1) is 0 Å². The fraction of sp³-hybridized carbons (Fsp3) is 0.182. The van der Waals surface area contributed by atoms with E-state index < -0.39 is 0 Å². The minimum absolute atomic E-state index is 0.187. The van der Waals surface area contributed by atoms with Crippen molar-refractivity contribution < 1.29 is 4.79 Å². The van der Waals surface area contributed by atoms with E-state index in [2.05, 4.69) is 17.9 Å². The van der Waals surface area contributed by atoms with Crippen LogP contribution in [0.15, 0.2) is 36.0 Å². The van der Waals surface area contributed by atoms with Gasteiger partial charge < -0.3 is 5.32 Å². The van der Waals surface area contributed by atoms with Crippen LogP contribution in [0.3, 0.4) is 0 Å². The molecule has 2 amide bonds. The number of carbonyl (C=O) groups excluding carboxylic acids is 1. The summed E-state index contributed by atoms with van der Waals surface area (Å²) in [5.74, 6) is 0. The van der Waals surface area contributed by atoms with Crippen molar-refractivity contribution in [1.29, 1.82) is 0 Å². The molecule has 2 rings (SSSR count). The Morgan fingerprint density at radius 1 is 1.38 bits per heavy atom. The fourth-order valence-corrected chi connectivity index (χ4v) is 1.73. The Morgan fingerprint density at radius 2 is 2.00 bits per heavy atom. The van der Waals surface area contributed by atoms with Gasteiger partial charge in [0.05, 0.1) is 11.1 Å². The molecular weight excluding hydrogens is 244 g/mol. The lowest BCUT2D eigenvalue weighted by Crippen LogP contribution is -2.45. The van der Waals surface area contributed by atoms with Crippen LogP contribution in [-0.2, 0) is 0 Å². The summed E-state index contributed by atoms with van der Waals surface area (Å²) in [6.07, 6.45) is 1.78. The topological polar surface area (TPSA) is 32.3 Å². The molecule has 0 bridgehead atoms. The Hall–Kier alpha value is -1.13. The van der Waals surface area contributed by atoms with Crippen molar-refractivity contribution >= 4 is 35.9 Å². The molecule has 3 nitrogen and oxygen atoms in total. The Morgan fingerprint density at radius 3 is 2.62 bits per heavy atom. The van der Waals surface area contributed by atoms with E-state index in [9.17, 15) is 4.79 Å². The number of benzene rings is 1. The summed E-state index contributed by atoms with van der Waals surface area (Å²) in [6, 6.07) is 6.91. The number of nitrogens with zero attached hydrogens (tertiary/aromatic N) is 1. The van der Waals surface area contributed by atoms with Gasteiger partial charge in [-0.2, -0.15) is 12.6 Å². The van der Waals surface area contributed by atoms with E-state index in [1.807, 2.05) is 6.92 Å². The molecule has 1 heterocycles. The lowest BCUT2D eigenvalue weighted by Gasteiger charge is -2.28. The summed E-state index contributed by atoms with van der Waals surface area (Å²) < 4.78 is 0. The molecule has 0 fully saturated rings. The van der Waals surface area contributed by atoms with Crippen LogP contribution in [0, 0.1) is 0 Å². The van der Waals surface area contributed by atoms with Crippen LogP contribution in [0.5, 0.6) is 0 Å². The summed E-state index contributed by atoms with van der Waals surface area (Å²) in [7, 11) is 0. The van der Waals surface area contributed by atoms with E-state index >= 15 is 0 Å². The number of hydrogen-bond donors (Lipinski definition) is 2. The number of nitrogens with one attached hydrogen (secondary N) is 1. The molecule has 0 radical (unpaired) electrons. The van der Waals surface area contributed by atoms with Crippen molar-refractivity contribution in [2.45, 2.75) is 12.3 Å². The van der Waals surface area contributed by atoms with Gasteiger partial charge in [-0.3, -0.25) is 4.90 Å². The second kappa shape index (κ2) is 4.39. The highest BCUT2D eigenvalue weighted by atomic mass is 35.5. The monoisotopic (exact) mass is 254 g/mol. The zero-order valence-corrected chi connectivity index (χ0v) is 10.3. The van der Waals surface area contributed by atoms with Crippen LogP contribution in [0.2, 0.25) is 5.02 Å². The average molecular weight is 255 g/mol. The highest BCUT2D eigenvalue weighted by molar-refractivity contribution is 7.81. The van der Waals surface area contributed by atoms with Crippen LogP contribution in [0.4, 0.5) is 10.5 Å². The van der Waals surface area contributed by atoms with Crippen molar-refractivity contribution in [3.63, 3.8) is 0 Å². The molecule has 16 heavy (non-hydrogen) atoms. The van der Waals surface area contributed by atoms with Crippen molar-refractivity contribution in [2.75, 3.05) is 4.90 Å². The number of rotatable bonds is 1. The molecule has 5 heteroatoms. The molecule has 0 saturated carbocycles. The van der Waals surface area contributed by atoms with Crippen LogP contribution in [0.25, 0.3) is 0 Å². The second-order valence-corrected chi connectivity index (χ2v) is 4.52. The average Bonchev–Trinajstić information content (AvgIpc) is 2.25. The quantitative estimate of drug-likeness (QED) is 0.742. The van der Waals surface area contributed by atoms with Crippen molar-refractivity contribution in [1.82, 2.24) is 5.32 Å². The summed E-state index contributed by atoms with van der Waals surface area (Å²) >= 11 is 10.0. The predicted molar refractivity (Wildman–Crippen MR) is 69.0 cm³/mol. The van der Waals surface area contributed by atoms with Gasteiger partial charge >= 0.3 is 6.03 Å². The van der Waals surface area contributed by atoms with E-state index in [-0.39, 0.29) is 11.4 Å². The van der Waals surface area contributed by atoms with Crippen LogP contribution >= 0.6 is 24.2 Å². The van der Waals surface area contributed by atoms with Crippen molar-refractivity contribution in [3.8, 4) is 0 Å². The van der Waals surface area contributed by atoms with Gasteiger partial charge in [0.2, 0.25) is 0 Å². The molecule has 1 aliphatic heterocycles. The summed E-state index contributed by atoms with van der Waals surface area (Å²) in [5.41, 5.74) is 1.76. The molecule has 0 spiro atoms. The first-order chi connectivity index (χ1) is 7.58. The molecule has 1 aromatic rings. The van der Waals surface area contributed by atoms with Crippen molar-refractivity contribution in [2.24, 2.45) is 0 Å². The predicted octanol–water partition coefficient (Wildman–Crippen LogP) is 3.03. The minimum Gasteiger partial charge on any atom is -0.322 e. The first kappa shape index (κ1) is 11.4. The third-order valence-electron chi connectivity index (χ3n) is 2.35. The number of urea groups is 1. The van der Waals surface area contributed by atoms with Crippen LogP contribution < -0.4 is 10.2 Å². The summed E-state index contributed by atoms with van der Waals surface area (Å²) in [4.78, 5) is 13.3. The Balaban J connectivity index is 2.33. The van der Waals surface area contributed by atoms with E-state index in [1.54, 1.807) is 35.4 Å². The molecule has 84 valence electrons. The van der Waals surface area contributed by atoms with Gasteiger partial charge in [-0.05, 0) is 36.8 Å². The molecule has 1 atom stereocenters. The molecule has 0 aliphatic carbocycles. The highest BCUT2D eigenvalue weighted by Crippen LogP contribution is 2.22. The smallest absolute Gasteiger partial charge is 0.322 e. The largest absolute Gasteiger partial charge is 0.327 e. The van der Waals surface area contributed by atoms with Gasteiger partial charge in [0.25, 0.3) is 0 Å².